The highest BCUT2D eigenvalue weighted by Crippen LogP contribution is 2.31. The average molecular weight is 414 g/mol. The van der Waals surface area contributed by atoms with Gasteiger partial charge in [0.25, 0.3) is 0 Å². The Bertz CT molecular complexity index is 1100. The van der Waals surface area contributed by atoms with E-state index >= 15 is 0 Å². The Balaban J connectivity index is 2.26. The number of fused-ring (bicyclic) bond motifs is 1. The topological polar surface area (TPSA) is 37.8 Å². The SMILES string of the molecule is O=c1c(CBr)c(-c2ccc[nH]2)n(-c2ccccc2)c2cc(Cl)ccc12. The summed E-state index contributed by atoms with van der Waals surface area (Å²) in [4.78, 5) is 16.3. The van der Waals surface area contributed by atoms with Crippen LogP contribution in [0.3, 0.4) is 0 Å². The molecular formula is C20H14BrClN2O. The molecule has 2 aromatic heterocycles. The Morgan fingerprint density at radius 2 is 1.84 bits per heavy atom. The normalized spacial score (nSPS) is 11.1. The Hall–Kier alpha value is -2.30. The number of benzene rings is 2. The third-order valence-corrected chi connectivity index (χ3v) is 5.03. The molecule has 0 amide bonds. The molecule has 0 unspecified atom stereocenters. The smallest absolute Gasteiger partial charge is 0.194 e. The Morgan fingerprint density at radius 3 is 2.52 bits per heavy atom. The molecule has 0 radical (unpaired) electrons. The van der Waals surface area contributed by atoms with Gasteiger partial charge in [-0.25, -0.2) is 0 Å². The van der Waals surface area contributed by atoms with Crippen molar-refractivity contribution in [1.82, 2.24) is 9.55 Å². The van der Waals surface area contributed by atoms with Crippen molar-refractivity contribution in [3.05, 3.63) is 87.7 Å². The number of rotatable bonds is 3. The maximum absolute atomic E-state index is 13.1. The second-order valence-corrected chi connectivity index (χ2v) is 6.70. The lowest BCUT2D eigenvalue weighted by Gasteiger charge is -2.19. The van der Waals surface area contributed by atoms with Crippen molar-refractivity contribution >= 4 is 38.4 Å². The summed E-state index contributed by atoms with van der Waals surface area (Å²) in [7, 11) is 0. The highest BCUT2D eigenvalue weighted by molar-refractivity contribution is 9.08. The van der Waals surface area contributed by atoms with E-state index in [1.807, 2.05) is 54.7 Å². The number of aromatic amines is 1. The third kappa shape index (κ3) is 2.71. The second-order valence-electron chi connectivity index (χ2n) is 5.71. The van der Waals surface area contributed by atoms with E-state index in [4.69, 9.17) is 11.6 Å². The van der Waals surface area contributed by atoms with Crippen molar-refractivity contribution in [2.45, 2.75) is 5.33 Å². The van der Waals surface area contributed by atoms with Crippen molar-refractivity contribution < 1.29 is 0 Å². The lowest BCUT2D eigenvalue weighted by molar-refractivity contribution is 1.07. The molecule has 0 saturated heterocycles. The Kier molecular flexibility index (Phi) is 4.24. The zero-order valence-corrected chi connectivity index (χ0v) is 15.5. The van der Waals surface area contributed by atoms with E-state index in [9.17, 15) is 4.79 Å². The maximum atomic E-state index is 13.1. The Morgan fingerprint density at radius 1 is 1.04 bits per heavy atom. The quantitative estimate of drug-likeness (QED) is 0.440. The molecule has 124 valence electrons. The number of hydrogen-bond acceptors (Lipinski definition) is 1. The van der Waals surface area contributed by atoms with Gasteiger partial charge in [0.15, 0.2) is 5.43 Å². The molecule has 0 spiro atoms. The molecule has 25 heavy (non-hydrogen) atoms. The average Bonchev–Trinajstić information content (AvgIpc) is 3.16. The minimum Gasteiger partial charge on any atom is -0.360 e. The van der Waals surface area contributed by atoms with Crippen LogP contribution < -0.4 is 5.43 Å². The van der Waals surface area contributed by atoms with Gasteiger partial charge in [-0.05, 0) is 42.5 Å². The van der Waals surface area contributed by atoms with Gasteiger partial charge >= 0.3 is 0 Å². The predicted molar refractivity (Wildman–Crippen MR) is 107 cm³/mol. The number of hydrogen-bond donors (Lipinski definition) is 1. The standard InChI is InChI=1S/C20H14BrClN2O/c21-12-16-19(17-7-4-10-23-17)24(14-5-2-1-3-6-14)18-11-13(22)8-9-15(18)20(16)25/h1-11,23H,12H2. The number of halogens is 2. The number of para-hydroxylation sites is 1. The summed E-state index contributed by atoms with van der Waals surface area (Å²) in [5.41, 5.74) is 4.21. The van der Waals surface area contributed by atoms with Crippen molar-refractivity contribution in [2.24, 2.45) is 0 Å². The number of pyridine rings is 1. The van der Waals surface area contributed by atoms with Crippen molar-refractivity contribution in [1.29, 1.82) is 0 Å². The first kappa shape index (κ1) is 16.2. The van der Waals surface area contributed by atoms with Gasteiger partial charge in [0.1, 0.15) is 0 Å². The van der Waals surface area contributed by atoms with Crippen LogP contribution in [0.5, 0.6) is 0 Å². The molecule has 0 aliphatic heterocycles. The maximum Gasteiger partial charge on any atom is 0.194 e. The van der Waals surface area contributed by atoms with Crippen molar-refractivity contribution in [3.63, 3.8) is 0 Å². The van der Waals surface area contributed by atoms with Crippen molar-refractivity contribution in [3.8, 4) is 17.1 Å². The fraction of sp³-hybridized carbons (Fsp3) is 0.0500. The molecule has 2 aromatic carbocycles. The van der Waals surface area contributed by atoms with Crippen molar-refractivity contribution in [2.75, 3.05) is 0 Å². The molecular weight excluding hydrogens is 400 g/mol. The summed E-state index contributed by atoms with van der Waals surface area (Å²) in [6, 6.07) is 19.3. The molecule has 5 heteroatoms. The van der Waals surface area contributed by atoms with E-state index < -0.39 is 0 Å². The molecule has 0 bridgehead atoms. The summed E-state index contributed by atoms with van der Waals surface area (Å²) < 4.78 is 2.09. The number of aromatic nitrogens is 2. The van der Waals surface area contributed by atoms with Crippen LogP contribution in [0.2, 0.25) is 5.02 Å². The van der Waals surface area contributed by atoms with Crippen LogP contribution in [0.4, 0.5) is 0 Å². The summed E-state index contributed by atoms with van der Waals surface area (Å²) in [6.07, 6.45) is 1.86. The minimum absolute atomic E-state index is 0.0142. The lowest BCUT2D eigenvalue weighted by Crippen LogP contribution is -2.17. The van der Waals surface area contributed by atoms with Crippen LogP contribution in [0.25, 0.3) is 28.0 Å². The molecule has 4 aromatic rings. The number of alkyl halides is 1. The zero-order valence-electron chi connectivity index (χ0n) is 13.2. The summed E-state index contributed by atoms with van der Waals surface area (Å²) in [5.74, 6) is 0. The zero-order chi connectivity index (χ0) is 17.4. The van der Waals surface area contributed by atoms with Gasteiger partial charge in [-0.3, -0.25) is 4.79 Å². The number of nitrogens with one attached hydrogen (secondary N) is 1. The molecule has 0 aliphatic rings. The fourth-order valence-corrected chi connectivity index (χ4v) is 3.82. The first-order chi connectivity index (χ1) is 12.2. The monoisotopic (exact) mass is 412 g/mol. The van der Waals surface area contributed by atoms with Gasteiger partial charge in [-0.1, -0.05) is 45.7 Å². The highest BCUT2D eigenvalue weighted by Gasteiger charge is 2.19. The van der Waals surface area contributed by atoms with E-state index in [-0.39, 0.29) is 5.43 Å². The van der Waals surface area contributed by atoms with E-state index in [0.717, 1.165) is 22.6 Å². The molecule has 0 aliphatic carbocycles. The van der Waals surface area contributed by atoms with Gasteiger partial charge in [0.05, 0.1) is 16.9 Å². The number of nitrogens with zero attached hydrogens (tertiary/aromatic N) is 1. The molecule has 4 rings (SSSR count). The highest BCUT2D eigenvalue weighted by atomic mass is 79.9. The molecule has 0 atom stereocenters. The first-order valence-electron chi connectivity index (χ1n) is 7.83. The van der Waals surface area contributed by atoms with Crippen LogP contribution in [-0.4, -0.2) is 9.55 Å². The largest absolute Gasteiger partial charge is 0.360 e. The van der Waals surface area contributed by atoms with Crippen LogP contribution in [-0.2, 0) is 5.33 Å². The van der Waals surface area contributed by atoms with Crippen LogP contribution in [0.15, 0.2) is 71.7 Å². The van der Waals surface area contributed by atoms with Crippen LogP contribution >= 0.6 is 27.5 Å². The third-order valence-electron chi connectivity index (χ3n) is 4.23. The van der Waals surface area contributed by atoms with Gasteiger partial charge in [0, 0.05) is 33.2 Å². The predicted octanol–water partition coefficient (Wildman–Crippen LogP) is 5.53. The molecule has 0 fully saturated rings. The van der Waals surface area contributed by atoms with Crippen LogP contribution in [0.1, 0.15) is 5.56 Å². The van der Waals surface area contributed by atoms with Gasteiger partial charge in [-0.15, -0.1) is 0 Å². The molecule has 3 nitrogen and oxygen atoms in total. The summed E-state index contributed by atoms with van der Waals surface area (Å²) in [5, 5.41) is 1.71. The van der Waals surface area contributed by atoms with Crippen LogP contribution in [0, 0.1) is 0 Å². The van der Waals surface area contributed by atoms with E-state index in [2.05, 4.69) is 25.5 Å². The minimum atomic E-state index is 0.0142. The van der Waals surface area contributed by atoms with E-state index in [1.165, 1.54) is 0 Å². The fourth-order valence-electron chi connectivity index (χ4n) is 3.14. The van der Waals surface area contributed by atoms with Gasteiger partial charge in [-0.2, -0.15) is 0 Å². The first-order valence-corrected chi connectivity index (χ1v) is 9.33. The molecule has 2 heterocycles. The number of H-pyrrole nitrogens is 1. The summed E-state index contributed by atoms with van der Waals surface area (Å²) in [6.45, 7) is 0. The van der Waals surface area contributed by atoms with Gasteiger partial charge < -0.3 is 9.55 Å². The van der Waals surface area contributed by atoms with Gasteiger partial charge in [0.2, 0.25) is 0 Å². The second kappa shape index (κ2) is 6.54. The molecule has 1 N–H and O–H groups in total. The molecule has 0 saturated carbocycles. The van der Waals surface area contributed by atoms with E-state index in [1.54, 1.807) is 12.1 Å². The summed E-state index contributed by atoms with van der Waals surface area (Å²) >= 11 is 9.75. The Labute approximate surface area is 158 Å². The lowest BCUT2D eigenvalue weighted by atomic mass is 10.1. The van der Waals surface area contributed by atoms with E-state index in [0.29, 0.717) is 21.3 Å².